The van der Waals surface area contributed by atoms with E-state index in [4.69, 9.17) is 4.74 Å². The number of carbonyl (C=O) groups excluding carboxylic acids is 2. The predicted molar refractivity (Wildman–Crippen MR) is 99.4 cm³/mol. The summed E-state index contributed by atoms with van der Waals surface area (Å²) in [5.74, 6) is 2.53. The van der Waals surface area contributed by atoms with Gasteiger partial charge in [-0.3, -0.25) is 9.59 Å². The minimum absolute atomic E-state index is 0.0632. The molecule has 2 unspecified atom stereocenters. The summed E-state index contributed by atoms with van der Waals surface area (Å²) >= 11 is 0. The van der Waals surface area contributed by atoms with Gasteiger partial charge in [-0.2, -0.15) is 0 Å². The van der Waals surface area contributed by atoms with Gasteiger partial charge in [0.05, 0.1) is 12.7 Å². The van der Waals surface area contributed by atoms with Gasteiger partial charge >= 0.3 is 0 Å². The van der Waals surface area contributed by atoms with Crippen LogP contribution in [0.15, 0.2) is 0 Å². The van der Waals surface area contributed by atoms with Gasteiger partial charge in [0.25, 0.3) is 0 Å². The van der Waals surface area contributed by atoms with E-state index in [0.717, 1.165) is 37.0 Å². The molecule has 0 aromatic carbocycles. The van der Waals surface area contributed by atoms with E-state index in [1.54, 1.807) is 0 Å². The summed E-state index contributed by atoms with van der Waals surface area (Å²) in [5, 5.41) is 3.21. The minimum Gasteiger partial charge on any atom is -0.375 e. The van der Waals surface area contributed by atoms with Gasteiger partial charge in [0.2, 0.25) is 11.8 Å². The number of ether oxygens (including phenoxy) is 1. The molecule has 5 fully saturated rings. The molecule has 0 aromatic rings. The number of carbonyl (C=O) groups is 2. The van der Waals surface area contributed by atoms with Crippen molar-refractivity contribution in [2.75, 3.05) is 19.7 Å². The van der Waals surface area contributed by atoms with Crippen LogP contribution in [0.1, 0.15) is 59.3 Å². The standard InChI is InChI=1S/C21H34N2O3/c1-13(2)18(19(24)23-4-5-26-14(3)12-23)22-20(25)21-9-15-6-16(10-21)8-17(7-15)11-21/h13-18H,4-12H2,1-3H3,(H,22,25). The summed E-state index contributed by atoms with van der Waals surface area (Å²) in [7, 11) is 0. The first-order chi connectivity index (χ1) is 12.4. The first-order valence-corrected chi connectivity index (χ1v) is 10.6. The second-order valence-corrected chi connectivity index (χ2v) is 9.86. The number of hydrogen-bond acceptors (Lipinski definition) is 3. The van der Waals surface area contributed by atoms with Crippen LogP contribution in [0, 0.1) is 29.1 Å². The van der Waals surface area contributed by atoms with Crippen molar-refractivity contribution in [3.63, 3.8) is 0 Å². The molecule has 5 aliphatic rings. The van der Waals surface area contributed by atoms with Crippen molar-refractivity contribution in [3.05, 3.63) is 0 Å². The maximum absolute atomic E-state index is 13.4. The third-order valence-corrected chi connectivity index (χ3v) is 7.29. The second kappa shape index (κ2) is 6.81. The summed E-state index contributed by atoms with van der Waals surface area (Å²) in [5.41, 5.74) is -0.194. The Morgan fingerprint density at radius 2 is 1.65 bits per heavy atom. The molecule has 0 spiro atoms. The molecule has 1 heterocycles. The summed E-state index contributed by atoms with van der Waals surface area (Å²) < 4.78 is 5.56. The Morgan fingerprint density at radius 1 is 1.08 bits per heavy atom. The van der Waals surface area contributed by atoms with E-state index in [2.05, 4.69) is 5.32 Å². The van der Waals surface area contributed by atoms with Crippen molar-refractivity contribution in [3.8, 4) is 0 Å². The fourth-order valence-electron chi connectivity index (χ4n) is 6.41. The molecule has 4 aliphatic carbocycles. The number of amides is 2. The molecule has 2 atom stereocenters. The van der Waals surface area contributed by atoms with E-state index in [1.807, 2.05) is 25.7 Å². The summed E-state index contributed by atoms with van der Waals surface area (Å²) in [6.45, 7) is 7.90. The molecule has 146 valence electrons. The lowest BCUT2D eigenvalue weighted by Gasteiger charge is -2.56. The van der Waals surface area contributed by atoms with E-state index in [0.29, 0.717) is 19.7 Å². The van der Waals surface area contributed by atoms with Gasteiger partial charge in [-0.05, 0) is 69.1 Å². The van der Waals surface area contributed by atoms with Crippen LogP contribution in [0.4, 0.5) is 0 Å². The average molecular weight is 363 g/mol. The van der Waals surface area contributed by atoms with Crippen molar-refractivity contribution in [1.29, 1.82) is 0 Å². The molecule has 2 amide bonds. The molecule has 0 aromatic heterocycles. The van der Waals surface area contributed by atoms with E-state index < -0.39 is 6.04 Å². The molecule has 1 saturated heterocycles. The Morgan fingerprint density at radius 3 is 2.15 bits per heavy atom. The van der Waals surface area contributed by atoms with Crippen LogP contribution in [0.25, 0.3) is 0 Å². The topological polar surface area (TPSA) is 58.6 Å². The van der Waals surface area contributed by atoms with E-state index in [-0.39, 0.29) is 29.3 Å². The predicted octanol–water partition coefficient (Wildman–Crippen LogP) is 2.59. The van der Waals surface area contributed by atoms with Gasteiger partial charge in [-0.1, -0.05) is 13.8 Å². The van der Waals surface area contributed by atoms with Crippen LogP contribution >= 0.6 is 0 Å². The molecule has 5 nitrogen and oxygen atoms in total. The molecule has 1 aliphatic heterocycles. The van der Waals surface area contributed by atoms with Crippen molar-refractivity contribution in [2.24, 2.45) is 29.1 Å². The largest absolute Gasteiger partial charge is 0.375 e. The average Bonchev–Trinajstić information content (AvgIpc) is 2.57. The van der Waals surface area contributed by atoms with Gasteiger partial charge in [-0.15, -0.1) is 0 Å². The van der Waals surface area contributed by atoms with Crippen LogP contribution in [-0.2, 0) is 14.3 Å². The molecule has 1 N–H and O–H groups in total. The highest BCUT2D eigenvalue weighted by molar-refractivity contribution is 5.90. The van der Waals surface area contributed by atoms with Crippen LogP contribution in [0.2, 0.25) is 0 Å². The lowest BCUT2D eigenvalue weighted by atomic mass is 9.49. The summed E-state index contributed by atoms with van der Waals surface area (Å²) in [4.78, 5) is 28.3. The van der Waals surface area contributed by atoms with Crippen molar-refractivity contribution in [1.82, 2.24) is 10.2 Å². The van der Waals surface area contributed by atoms with Crippen molar-refractivity contribution >= 4 is 11.8 Å². The van der Waals surface area contributed by atoms with Gasteiger partial charge in [-0.25, -0.2) is 0 Å². The zero-order valence-corrected chi connectivity index (χ0v) is 16.5. The number of rotatable bonds is 4. The number of nitrogens with zero attached hydrogens (tertiary/aromatic N) is 1. The van der Waals surface area contributed by atoms with Crippen LogP contribution in [0.3, 0.4) is 0 Å². The van der Waals surface area contributed by atoms with Gasteiger partial charge in [0.1, 0.15) is 6.04 Å². The Kier molecular flexibility index (Phi) is 4.79. The number of hydrogen-bond donors (Lipinski definition) is 1. The number of nitrogens with one attached hydrogen (secondary N) is 1. The summed E-state index contributed by atoms with van der Waals surface area (Å²) in [6.07, 6.45) is 7.16. The molecule has 4 bridgehead atoms. The smallest absolute Gasteiger partial charge is 0.245 e. The molecule has 0 radical (unpaired) electrons. The zero-order chi connectivity index (χ0) is 18.5. The highest BCUT2D eigenvalue weighted by Crippen LogP contribution is 2.60. The molecular weight excluding hydrogens is 328 g/mol. The highest BCUT2D eigenvalue weighted by atomic mass is 16.5. The first-order valence-electron chi connectivity index (χ1n) is 10.6. The fraction of sp³-hybridized carbons (Fsp3) is 0.905. The number of morpholine rings is 1. The Balaban J connectivity index is 1.46. The Bertz CT molecular complexity index is 538. The molecular formula is C21H34N2O3. The van der Waals surface area contributed by atoms with Gasteiger partial charge < -0.3 is 15.0 Å². The Hall–Kier alpha value is -1.10. The van der Waals surface area contributed by atoms with Gasteiger partial charge in [0, 0.05) is 18.5 Å². The third kappa shape index (κ3) is 3.28. The highest BCUT2D eigenvalue weighted by Gasteiger charge is 2.55. The van der Waals surface area contributed by atoms with Gasteiger partial charge in [0.15, 0.2) is 0 Å². The SMILES string of the molecule is CC1CN(C(=O)C(NC(=O)C23CC4CC(CC(C4)C2)C3)C(C)C)CCO1. The molecule has 4 saturated carbocycles. The normalized spacial score (nSPS) is 39.9. The third-order valence-electron chi connectivity index (χ3n) is 7.29. The van der Waals surface area contributed by atoms with E-state index in [1.165, 1.54) is 19.3 Å². The Labute approximate surface area is 157 Å². The zero-order valence-electron chi connectivity index (χ0n) is 16.5. The van der Waals surface area contributed by atoms with E-state index in [9.17, 15) is 9.59 Å². The second-order valence-electron chi connectivity index (χ2n) is 9.86. The molecule has 5 heteroatoms. The lowest BCUT2D eigenvalue weighted by Crippen LogP contribution is -2.60. The monoisotopic (exact) mass is 362 g/mol. The minimum atomic E-state index is -0.416. The maximum Gasteiger partial charge on any atom is 0.245 e. The lowest BCUT2D eigenvalue weighted by molar-refractivity contribution is -0.152. The van der Waals surface area contributed by atoms with Crippen LogP contribution in [-0.4, -0.2) is 48.6 Å². The fourth-order valence-corrected chi connectivity index (χ4v) is 6.41. The van der Waals surface area contributed by atoms with E-state index >= 15 is 0 Å². The quantitative estimate of drug-likeness (QED) is 0.836. The van der Waals surface area contributed by atoms with Crippen LogP contribution in [0.5, 0.6) is 0 Å². The maximum atomic E-state index is 13.4. The van der Waals surface area contributed by atoms with Crippen molar-refractivity contribution in [2.45, 2.75) is 71.4 Å². The molecule has 5 rings (SSSR count). The van der Waals surface area contributed by atoms with Crippen LogP contribution < -0.4 is 5.32 Å². The van der Waals surface area contributed by atoms with Crippen molar-refractivity contribution < 1.29 is 14.3 Å². The molecule has 26 heavy (non-hydrogen) atoms. The summed E-state index contributed by atoms with van der Waals surface area (Å²) in [6, 6.07) is -0.416. The first kappa shape index (κ1) is 18.3.